The Labute approximate surface area is 176 Å². The SMILES string of the molecule is c1nnn(C23C[C@@H]4C[C@@H](CC(c5nc6c7c8c(sc7ncn6n5)CCC8)(C4)C2)C3)n1. The van der Waals surface area contributed by atoms with Gasteiger partial charge in [0.25, 0.3) is 0 Å². The third kappa shape index (κ3) is 1.93. The number of aromatic nitrogens is 8. The molecule has 4 heterocycles. The van der Waals surface area contributed by atoms with E-state index in [9.17, 15) is 0 Å². The summed E-state index contributed by atoms with van der Waals surface area (Å²) in [7, 11) is 0. The maximum absolute atomic E-state index is 5.25. The lowest BCUT2D eigenvalue weighted by Crippen LogP contribution is -2.59. The molecule has 4 aromatic rings. The highest BCUT2D eigenvalue weighted by atomic mass is 32.1. The zero-order valence-corrected chi connectivity index (χ0v) is 17.5. The maximum Gasteiger partial charge on any atom is 0.167 e. The van der Waals surface area contributed by atoms with Crippen molar-refractivity contribution in [1.29, 1.82) is 0 Å². The summed E-state index contributed by atoms with van der Waals surface area (Å²) in [5.74, 6) is 2.42. The summed E-state index contributed by atoms with van der Waals surface area (Å²) in [6.07, 6.45) is 14.1. The number of hydrogen-bond donors (Lipinski definition) is 0. The molecule has 4 bridgehead atoms. The fraction of sp³-hybridized carbons (Fsp3) is 0.619. The van der Waals surface area contributed by atoms with Crippen molar-refractivity contribution in [3.8, 4) is 0 Å². The van der Waals surface area contributed by atoms with E-state index < -0.39 is 0 Å². The van der Waals surface area contributed by atoms with Gasteiger partial charge in [-0.05, 0) is 80.4 Å². The van der Waals surface area contributed by atoms with Gasteiger partial charge in [0.15, 0.2) is 17.8 Å². The molecule has 4 atom stereocenters. The number of rotatable bonds is 2. The van der Waals surface area contributed by atoms with Crippen LogP contribution in [0.4, 0.5) is 0 Å². The van der Waals surface area contributed by atoms with Crippen molar-refractivity contribution in [2.45, 2.75) is 68.7 Å². The van der Waals surface area contributed by atoms with Gasteiger partial charge in [-0.3, -0.25) is 0 Å². The molecule has 4 saturated carbocycles. The summed E-state index contributed by atoms with van der Waals surface area (Å²) in [5, 5.41) is 19.2. The maximum atomic E-state index is 5.25. The standard InChI is InChI=1S/C21H22N8S/c1-2-14-15(3-1)30-18-16(14)17-25-19(26-28(17)11-22-18)20-5-12-4-13(6-20)8-21(7-12,9-20)29-24-10-23-27-29/h10-13H,1-9H2/t12-,13+,20?,21?. The van der Waals surface area contributed by atoms with Gasteiger partial charge in [-0.15, -0.1) is 26.6 Å². The first kappa shape index (κ1) is 16.3. The van der Waals surface area contributed by atoms with E-state index in [1.54, 1.807) is 6.33 Å². The van der Waals surface area contributed by atoms with Crippen LogP contribution in [0.3, 0.4) is 0 Å². The Kier molecular flexibility index (Phi) is 2.85. The molecule has 152 valence electrons. The molecule has 0 aromatic carbocycles. The van der Waals surface area contributed by atoms with Crippen molar-refractivity contribution in [1.82, 2.24) is 39.8 Å². The van der Waals surface area contributed by atoms with Crippen molar-refractivity contribution < 1.29 is 0 Å². The fourth-order valence-electron chi connectivity index (χ4n) is 7.71. The average Bonchev–Trinajstić information content (AvgIpc) is 3.48. The fourth-order valence-corrected chi connectivity index (χ4v) is 8.94. The van der Waals surface area contributed by atoms with Gasteiger partial charge >= 0.3 is 0 Å². The minimum absolute atomic E-state index is 0.0186. The van der Waals surface area contributed by atoms with Crippen LogP contribution in [0.2, 0.25) is 0 Å². The van der Waals surface area contributed by atoms with Gasteiger partial charge in [0.05, 0.1) is 10.9 Å². The Bertz CT molecular complexity index is 1300. The highest BCUT2D eigenvalue weighted by molar-refractivity contribution is 7.19. The van der Waals surface area contributed by atoms with Crippen molar-refractivity contribution in [3.05, 3.63) is 28.9 Å². The van der Waals surface area contributed by atoms with Gasteiger partial charge in [0, 0.05) is 10.3 Å². The normalized spacial score (nSPS) is 34.4. The molecule has 0 spiro atoms. The molecular formula is C21H22N8S. The molecule has 0 aliphatic heterocycles. The lowest BCUT2D eigenvalue weighted by atomic mass is 9.46. The molecule has 9 rings (SSSR count). The van der Waals surface area contributed by atoms with Gasteiger partial charge in [-0.1, -0.05) is 0 Å². The van der Waals surface area contributed by atoms with Gasteiger partial charge in [-0.25, -0.2) is 14.5 Å². The first-order valence-corrected chi connectivity index (χ1v) is 11.9. The largest absolute Gasteiger partial charge is 0.225 e. The molecule has 5 aliphatic rings. The minimum Gasteiger partial charge on any atom is -0.225 e. The molecule has 0 saturated heterocycles. The van der Waals surface area contributed by atoms with E-state index in [0.717, 1.165) is 29.1 Å². The smallest absolute Gasteiger partial charge is 0.167 e. The molecule has 5 aliphatic carbocycles. The Morgan fingerprint density at radius 2 is 2.00 bits per heavy atom. The molecule has 2 unspecified atom stereocenters. The van der Waals surface area contributed by atoms with Crippen LogP contribution < -0.4 is 0 Å². The monoisotopic (exact) mass is 418 g/mol. The number of aryl methyl sites for hydroxylation is 2. The van der Waals surface area contributed by atoms with Crippen molar-refractivity contribution in [2.75, 3.05) is 0 Å². The Morgan fingerprint density at radius 1 is 1.10 bits per heavy atom. The lowest BCUT2D eigenvalue weighted by molar-refractivity contribution is -0.0785. The predicted molar refractivity (Wildman–Crippen MR) is 110 cm³/mol. The van der Waals surface area contributed by atoms with E-state index in [-0.39, 0.29) is 11.0 Å². The molecule has 4 aromatic heterocycles. The van der Waals surface area contributed by atoms with Gasteiger partial charge in [0.1, 0.15) is 11.2 Å². The number of hydrogen-bond acceptors (Lipinski definition) is 7. The van der Waals surface area contributed by atoms with E-state index in [4.69, 9.17) is 15.1 Å². The van der Waals surface area contributed by atoms with Crippen LogP contribution >= 0.6 is 11.3 Å². The summed E-state index contributed by atoms with van der Waals surface area (Å²) in [5.41, 5.74) is 2.49. The topological polar surface area (TPSA) is 86.7 Å². The summed E-state index contributed by atoms with van der Waals surface area (Å²) in [6.45, 7) is 0. The zero-order chi connectivity index (χ0) is 19.5. The minimum atomic E-state index is -0.0186. The molecule has 0 N–H and O–H groups in total. The first-order chi connectivity index (χ1) is 14.7. The van der Waals surface area contributed by atoms with Crippen LogP contribution in [0.5, 0.6) is 0 Å². The van der Waals surface area contributed by atoms with Gasteiger partial charge < -0.3 is 0 Å². The van der Waals surface area contributed by atoms with Crippen LogP contribution in [0.15, 0.2) is 12.7 Å². The van der Waals surface area contributed by atoms with E-state index in [2.05, 4.69) is 15.4 Å². The van der Waals surface area contributed by atoms with Crippen LogP contribution in [0.25, 0.3) is 15.9 Å². The number of nitrogens with zero attached hydrogens (tertiary/aromatic N) is 8. The quantitative estimate of drug-likeness (QED) is 0.497. The second-order valence-corrected chi connectivity index (χ2v) is 11.3. The van der Waals surface area contributed by atoms with E-state index in [1.807, 2.05) is 27.0 Å². The van der Waals surface area contributed by atoms with E-state index in [0.29, 0.717) is 11.8 Å². The molecule has 0 amide bonds. The molecular weight excluding hydrogens is 396 g/mol. The molecule has 0 radical (unpaired) electrons. The van der Waals surface area contributed by atoms with Crippen molar-refractivity contribution in [2.24, 2.45) is 11.8 Å². The Morgan fingerprint density at radius 3 is 2.83 bits per heavy atom. The highest BCUT2D eigenvalue weighted by Gasteiger charge is 2.61. The van der Waals surface area contributed by atoms with Crippen LogP contribution in [-0.4, -0.2) is 39.8 Å². The molecule has 4 fully saturated rings. The summed E-state index contributed by atoms with van der Waals surface area (Å²) >= 11 is 1.85. The van der Waals surface area contributed by atoms with E-state index in [1.165, 1.54) is 60.8 Å². The molecule has 9 heteroatoms. The Hall–Kier alpha value is -2.42. The summed E-state index contributed by atoms with van der Waals surface area (Å²) < 4.78 is 1.95. The number of fused-ring (bicyclic) bond motifs is 5. The third-order valence-corrected chi connectivity index (χ3v) is 9.52. The number of tetrazole rings is 1. The summed E-state index contributed by atoms with van der Waals surface area (Å²) in [6, 6.07) is 0. The third-order valence-electron chi connectivity index (χ3n) is 8.32. The van der Waals surface area contributed by atoms with Crippen molar-refractivity contribution >= 4 is 27.2 Å². The van der Waals surface area contributed by atoms with Crippen LogP contribution in [0, 0.1) is 11.8 Å². The Balaban J connectivity index is 1.32. The zero-order valence-electron chi connectivity index (χ0n) is 16.7. The summed E-state index contributed by atoms with van der Waals surface area (Å²) in [4.78, 5) is 14.5. The molecule has 8 nitrogen and oxygen atoms in total. The van der Waals surface area contributed by atoms with Crippen LogP contribution in [-0.2, 0) is 23.8 Å². The van der Waals surface area contributed by atoms with Gasteiger partial charge in [-0.2, -0.15) is 4.80 Å². The van der Waals surface area contributed by atoms with Gasteiger partial charge in [0.2, 0.25) is 0 Å². The second kappa shape index (κ2) is 5.25. The molecule has 30 heavy (non-hydrogen) atoms. The predicted octanol–water partition coefficient (Wildman–Crippen LogP) is 3.06. The number of thiophene rings is 1. The lowest BCUT2D eigenvalue weighted by Gasteiger charge is -2.60. The second-order valence-electron chi connectivity index (χ2n) is 10.2. The average molecular weight is 419 g/mol. The van der Waals surface area contributed by atoms with Crippen molar-refractivity contribution in [3.63, 3.8) is 0 Å². The van der Waals surface area contributed by atoms with Crippen LogP contribution in [0.1, 0.15) is 61.2 Å². The van der Waals surface area contributed by atoms with E-state index >= 15 is 0 Å². The first-order valence-electron chi connectivity index (χ1n) is 11.1. The highest BCUT2D eigenvalue weighted by Crippen LogP contribution is 2.64.